The van der Waals surface area contributed by atoms with Crippen molar-refractivity contribution in [1.82, 2.24) is 0 Å². The van der Waals surface area contributed by atoms with Crippen LogP contribution in [-0.2, 0) is 0 Å². The van der Waals surface area contributed by atoms with Crippen molar-refractivity contribution >= 4 is 0 Å². The maximum atomic E-state index is 5.98. The van der Waals surface area contributed by atoms with Crippen LogP contribution in [0.4, 0.5) is 0 Å². The summed E-state index contributed by atoms with van der Waals surface area (Å²) in [6, 6.07) is 14.7. The Morgan fingerprint density at radius 2 is 1.76 bits per heavy atom. The Balaban J connectivity index is 2.00. The number of nitrogens with two attached hydrogens (primary N) is 1. The molecule has 0 bridgehead atoms. The SMILES string of the molecule is Cc1ccc(C)c(C(CN)CCOc2ccccc2C)c1. The molecule has 2 aromatic rings. The number of aryl methyl sites for hydroxylation is 3. The molecule has 0 aliphatic heterocycles. The predicted octanol–water partition coefficient (Wildman–Crippen LogP) is 4.12. The third-order valence-electron chi connectivity index (χ3n) is 3.98. The molecule has 0 saturated heterocycles. The summed E-state index contributed by atoms with van der Waals surface area (Å²) in [6.45, 7) is 7.70. The molecule has 1 atom stereocenters. The second-order valence-corrected chi connectivity index (χ2v) is 5.70. The van der Waals surface area contributed by atoms with E-state index in [1.807, 2.05) is 18.2 Å². The van der Waals surface area contributed by atoms with Gasteiger partial charge < -0.3 is 10.5 Å². The molecule has 0 aliphatic carbocycles. The van der Waals surface area contributed by atoms with Gasteiger partial charge in [0, 0.05) is 0 Å². The van der Waals surface area contributed by atoms with Crippen LogP contribution in [0.5, 0.6) is 5.75 Å². The van der Waals surface area contributed by atoms with E-state index in [2.05, 4.69) is 45.0 Å². The Labute approximate surface area is 127 Å². The number of hydrogen-bond acceptors (Lipinski definition) is 2. The quantitative estimate of drug-likeness (QED) is 0.865. The first-order valence-electron chi connectivity index (χ1n) is 7.57. The van der Waals surface area contributed by atoms with Crippen molar-refractivity contribution in [3.05, 3.63) is 64.7 Å². The predicted molar refractivity (Wildman–Crippen MR) is 89.0 cm³/mol. The zero-order valence-corrected chi connectivity index (χ0v) is 13.2. The molecule has 0 amide bonds. The molecule has 0 aliphatic rings. The highest BCUT2D eigenvalue weighted by atomic mass is 16.5. The van der Waals surface area contributed by atoms with E-state index >= 15 is 0 Å². The molecular weight excluding hydrogens is 258 g/mol. The minimum absolute atomic E-state index is 0.355. The third-order valence-corrected chi connectivity index (χ3v) is 3.98. The van der Waals surface area contributed by atoms with Crippen LogP contribution in [0.1, 0.15) is 34.6 Å². The average molecular weight is 283 g/mol. The van der Waals surface area contributed by atoms with Gasteiger partial charge in [-0.15, -0.1) is 0 Å². The molecule has 0 heterocycles. The first-order valence-corrected chi connectivity index (χ1v) is 7.57. The van der Waals surface area contributed by atoms with E-state index in [1.54, 1.807) is 0 Å². The van der Waals surface area contributed by atoms with E-state index < -0.39 is 0 Å². The Bertz CT molecular complexity index is 592. The molecule has 21 heavy (non-hydrogen) atoms. The first kappa shape index (κ1) is 15.6. The molecule has 0 radical (unpaired) electrons. The van der Waals surface area contributed by atoms with Crippen molar-refractivity contribution in [2.75, 3.05) is 13.2 Å². The summed E-state index contributed by atoms with van der Waals surface area (Å²) in [5.41, 5.74) is 11.1. The summed E-state index contributed by atoms with van der Waals surface area (Å²) in [5.74, 6) is 1.32. The van der Waals surface area contributed by atoms with E-state index in [0.29, 0.717) is 19.1 Å². The van der Waals surface area contributed by atoms with Gasteiger partial charge in [0.05, 0.1) is 6.61 Å². The van der Waals surface area contributed by atoms with Crippen LogP contribution < -0.4 is 10.5 Å². The van der Waals surface area contributed by atoms with E-state index in [9.17, 15) is 0 Å². The fourth-order valence-corrected chi connectivity index (χ4v) is 2.63. The molecule has 2 nitrogen and oxygen atoms in total. The van der Waals surface area contributed by atoms with Crippen molar-refractivity contribution in [3.8, 4) is 5.75 Å². The fourth-order valence-electron chi connectivity index (χ4n) is 2.63. The molecule has 2 heteroatoms. The Kier molecular flexibility index (Phi) is 5.40. The summed E-state index contributed by atoms with van der Waals surface area (Å²) < 4.78 is 5.91. The van der Waals surface area contributed by atoms with Crippen molar-refractivity contribution in [2.24, 2.45) is 5.73 Å². The zero-order valence-electron chi connectivity index (χ0n) is 13.2. The largest absolute Gasteiger partial charge is 0.493 e. The molecule has 0 aromatic heterocycles. The lowest BCUT2D eigenvalue weighted by Crippen LogP contribution is -2.17. The standard InChI is InChI=1S/C19H25NO/c1-14-8-9-15(2)18(12-14)17(13-20)10-11-21-19-7-5-4-6-16(19)3/h4-9,12,17H,10-11,13,20H2,1-3H3. The van der Waals surface area contributed by atoms with Crippen molar-refractivity contribution in [1.29, 1.82) is 0 Å². The van der Waals surface area contributed by atoms with E-state index in [-0.39, 0.29) is 0 Å². The Morgan fingerprint density at radius 3 is 2.48 bits per heavy atom. The fraction of sp³-hybridized carbons (Fsp3) is 0.368. The van der Waals surface area contributed by atoms with Gasteiger partial charge in [-0.25, -0.2) is 0 Å². The molecule has 0 saturated carbocycles. The van der Waals surface area contributed by atoms with E-state index in [1.165, 1.54) is 22.3 Å². The van der Waals surface area contributed by atoms with Crippen LogP contribution in [-0.4, -0.2) is 13.2 Å². The smallest absolute Gasteiger partial charge is 0.122 e. The maximum Gasteiger partial charge on any atom is 0.122 e. The van der Waals surface area contributed by atoms with Gasteiger partial charge in [0.1, 0.15) is 5.75 Å². The lowest BCUT2D eigenvalue weighted by molar-refractivity contribution is 0.296. The maximum absolute atomic E-state index is 5.98. The normalized spacial score (nSPS) is 12.2. The molecule has 1 unspecified atom stereocenters. The Hall–Kier alpha value is -1.80. The monoisotopic (exact) mass is 283 g/mol. The lowest BCUT2D eigenvalue weighted by Gasteiger charge is -2.19. The molecule has 2 aromatic carbocycles. The molecule has 0 fully saturated rings. The minimum atomic E-state index is 0.355. The lowest BCUT2D eigenvalue weighted by atomic mass is 9.91. The second kappa shape index (κ2) is 7.28. The van der Waals surface area contributed by atoms with Crippen LogP contribution in [0.15, 0.2) is 42.5 Å². The highest BCUT2D eigenvalue weighted by Crippen LogP contribution is 2.24. The highest BCUT2D eigenvalue weighted by molar-refractivity contribution is 5.34. The van der Waals surface area contributed by atoms with Crippen LogP contribution in [0.3, 0.4) is 0 Å². The minimum Gasteiger partial charge on any atom is -0.493 e. The average Bonchev–Trinajstić information content (AvgIpc) is 2.48. The zero-order chi connectivity index (χ0) is 15.2. The molecule has 0 spiro atoms. The van der Waals surface area contributed by atoms with Gasteiger partial charge in [0.15, 0.2) is 0 Å². The van der Waals surface area contributed by atoms with Gasteiger partial charge in [-0.2, -0.15) is 0 Å². The van der Waals surface area contributed by atoms with Gasteiger partial charge in [-0.05, 0) is 62.4 Å². The van der Waals surface area contributed by atoms with Gasteiger partial charge in [-0.3, -0.25) is 0 Å². The Morgan fingerprint density at radius 1 is 1.00 bits per heavy atom. The number of benzene rings is 2. The first-order chi connectivity index (χ1) is 10.1. The summed E-state index contributed by atoms with van der Waals surface area (Å²) in [6.07, 6.45) is 0.940. The molecule has 2 N–H and O–H groups in total. The van der Waals surface area contributed by atoms with Gasteiger partial charge in [-0.1, -0.05) is 42.0 Å². The van der Waals surface area contributed by atoms with E-state index in [4.69, 9.17) is 10.5 Å². The second-order valence-electron chi connectivity index (χ2n) is 5.70. The number of hydrogen-bond donors (Lipinski definition) is 1. The van der Waals surface area contributed by atoms with Gasteiger partial charge >= 0.3 is 0 Å². The van der Waals surface area contributed by atoms with Crippen molar-refractivity contribution in [3.63, 3.8) is 0 Å². The van der Waals surface area contributed by atoms with Crippen LogP contribution in [0.25, 0.3) is 0 Å². The van der Waals surface area contributed by atoms with Crippen LogP contribution >= 0.6 is 0 Å². The third kappa shape index (κ3) is 4.08. The van der Waals surface area contributed by atoms with Gasteiger partial charge in [0.25, 0.3) is 0 Å². The molecule has 112 valence electrons. The number of rotatable bonds is 6. The van der Waals surface area contributed by atoms with Crippen LogP contribution in [0, 0.1) is 20.8 Å². The molecule has 2 rings (SSSR count). The summed E-state index contributed by atoms with van der Waals surface area (Å²) >= 11 is 0. The summed E-state index contributed by atoms with van der Waals surface area (Å²) in [5, 5.41) is 0. The number of para-hydroxylation sites is 1. The van der Waals surface area contributed by atoms with Crippen molar-refractivity contribution < 1.29 is 4.74 Å². The highest BCUT2D eigenvalue weighted by Gasteiger charge is 2.13. The molecular formula is C19H25NO. The topological polar surface area (TPSA) is 35.2 Å². The van der Waals surface area contributed by atoms with Crippen molar-refractivity contribution in [2.45, 2.75) is 33.1 Å². The number of ether oxygens (including phenoxy) is 1. The van der Waals surface area contributed by atoms with Gasteiger partial charge in [0.2, 0.25) is 0 Å². The summed E-state index contributed by atoms with van der Waals surface area (Å²) in [4.78, 5) is 0. The van der Waals surface area contributed by atoms with Crippen LogP contribution in [0.2, 0.25) is 0 Å². The van der Waals surface area contributed by atoms with E-state index in [0.717, 1.165) is 12.2 Å². The summed E-state index contributed by atoms with van der Waals surface area (Å²) in [7, 11) is 0.